The molecule has 1 aromatic rings. The molecule has 1 aromatic carbocycles. The summed E-state index contributed by atoms with van der Waals surface area (Å²) in [4.78, 5) is 5.30. The van der Waals surface area contributed by atoms with Gasteiger partial charge in [-0.3, -0.25) is 9.89 Å². The van der Waals surface area contributed by atoms with E-state index in [4.69, 9.17) is 9.47 Å². The van der Waals surface area contributed by atoms with Crippen molar-refractivity contribution < 1.29 is 22.6 Å². The number of ether oxygens (including phenoxy) is 2. The van der Waals surface area contributed by atoms with Crippen molar-refractivity contribution in [1.82, 2.24) is 15.5 Å². The summed E-state index contributed by atoms with van der Waals surface area (Å²) in [5.41, 5.74) is 2.04. The van der Waals surface area contributed by atoms with Crippen LogP contribution in [0.15, 0.2) is 23.2 Å². The molecule has 0 bridgehead atoms. The van der Waals surface area contributed by atoms with Gasteiger partial charge >= 0.3 is 6.18 Å². The minimum atomic E-state index is -4.20. The Morgan fingerprint density at radius 3 is 2.54 bits per heavy atom. The third kappa shape index (κ3) is 11.5. The van der Waals surface area contributed by atoms with Crippen molar-refractivity contribution in [1.29, 1.82) is 0 Å². The van der Waals surface area contributed by atoms with E-state index >= 15 is 0 Å². The number of halogens is 4. The molecule has 0 heterocycles. The molecule has 0 aliphatic rings. The summed E-state index contributed by atoms with van der Waals surface area (Å²) >= 11 is 0. The highest BCUT2D eigenvalue weighted by molar-refractivity contribution is 14.0. The van der Waals surface area contributed by atoms with Crippen LogP contribution in [0.3, 0.4) is 0 Å². The Balaban J connectivity index is 0.00000729. The number of nitrogens with one attached hydrogen (secondary N) is 2. The number of hydrogen-bond donors (Lipinski definition) is 2. The van der Waals surface area contributed by atoms with Crippen LogP contribution in [-0.2, 0) is 11.3 Å². The molecule has 2 N–H and O–H groups in total. The van der Waals surface area contributed by atoms with Crippen LogP contribution < -0.4 is 15.4 Å². The fourth-order valence-electron chi connectivity index (χ4n) is 2.33. The largest absolute Gasteiger partial charge is 0.491 e. The normalized spacial score (nSPS) is 11.9. The van der Waals surface area contributed by atoms with E-state index in [2.05, 4.69) is 15.6 Å². The highest BCUT2D eigenvalue weighted by Crippen LogP contribution is 2.20. The molecule has 0 aliphatic heterocycles. The van der Waals surface area contributed by atoms with Gasteiger partial charge in [0.2, 0.25) is 0 Å². The van der Waals surface area contributed by atoms with Crippen molar-refractivity contribution in [3.63, 3.8) is 0 Å². The second kappa shape index (κ2) is 13.8. The Labute approximate surface area is 181 Å². The SMILES string of the molecule is CN=C(NCCN(C)CC(F)(F)F)NCc1ccc(C)cc1OCCOC.I. The van der Waals surface area contributed by atoms with E-state index in [1.807, 2.05) is 25.1 Å². The molecule has 0 atom stereocenters. The first-order chi connectivity index (χ1) is 12.7. The molecule has 0 saturated carbocycles. The van der Waals surface area contributed by atoms with Crippen molar-refractivity contribution in [3.05, 3.63) is 29.3 Å². The maximum Gasteiger partial charge on any atom is 0.401 e. The van der Waals surface area contributed by atoms with Crippen LogP contribution in [0.25, 0.3) is 0 Å². The minimum Gasteiger partial charge on any atom is -0.491 e. The van der Waals surface area contributed by atoms with Gasteiger partial charge in [-0.25, -0.2) is 0 Å². The summed E-state index contributed by atoms with van der Waals surface area (Å²) in [6.45, 7) is 3.06. The van der Waals surface area contributed by atoms with Gasteiger partial charge in [0.15, 0.2) is 5.96 Å². The smallest absolute Gasteiger partial charge is 0.401 e. The van der Waals surface area contributed by atoms with E-state index in [1.165, 1.54) is 11.9 Å². The summed E-state index contributed by atoms with van der Waals surface area (Å²) in [6.07, 6.45) is -4.20. The first kappa shape index (κ1) is 26.7. The first-order valence-corrected chi connectivity index (χ1v) is 8.66. The quantitative estimate of drug-likeness (QED) is 0.216. The number of benzene rings is 1. The van der Waals surface area contributed by atoms with Gasteiger partial charge in [0.05, 0.1) is 13.2 Å². The van der Waals surface area contributed by atoms with E-state index in [-0.39, 0.29) is 30.5 Å². The monoisotopic (exact) mass is 518 g/mol. The molecule has 6 nitrogen and oxygen atoms in total. The molecular weight excluding hydrogens is 488 g/mol. The standard InChI is InChI=1S/C18H29F3N4O2.HI/c1-14-5-6-15(16(11-14)27-10-9-26-4)12-24-17(22-2)23-7-8-25(3)13-18(19,20)21;/h5-6,11H,7-10,12-13H2,1-4H3,(H2,22,23,24);1H. The van der Waals surface area contributed by atoms with Crippen molar-refractivity contribution in [2.75, 3.05) is 54.1 Å². The Kier molecular flexibility index (Phi) is 13.2. The maximum absolute atomic E-state index is 12.3. The second-order valence-electron chi connectivity index (χ2n) is 6.16. The predicted octanol–water partition coefficient (Wildman–Crippen LogP) is 2.80. The summed E-state index contributed by atoms with van der Waals surface area (Å²) in [6, 6.07) is 5.91. The zero-order chi connectivity index (χ0) is 20.3. The van der Waals surface area contributed by atoms with Gasteiger partial charge in [0, 0.05) is 39.4 Å². The average molecular weight is 518 g/mol. The van der Waals surface area contributed by atoms with Crippen LogP contribution in [0.1, 0.15) is 11.1 Å². The zero-order valence-electron chi connectivity index (χ0n) is 16.7. The molecule has 0 amide bonds. The van der Waals surface area contributed by atoms with Crippen LogP contribution in [0.4, 0.5) is 13.2 Å². The molecule has 162 valence electrons. The molecule has 0 saturated heterocycles. The summed E-state index contributed by atoms with van der Waals surface area (Å²) < 4.78 is 47.7. The van der Waals surface area contributed by atoms with Crippen LogP contribution in [-0.4, -0.2) is 71.1 Å². The molecular formula is C18H30F3IN4O2. The lowest BCUT2D eigenvalue weighted by molar-refractivity contribution is -0.142. The zero-order valence-corrected chi connectivity index (χ0v) is 19.1. The second-order valence-corrected chi connectivity index (χ2v) is 6.16. The molecule has 1 rings (SSSR count). The lowest BCUT2D eigenvalue weighted by Crippen LogP contribution is -2.42. The first-order valence-electron chi connectivity index (χ1n) is 8.66. The van der Waals surface area contributed by atoms with Crippen LogP contribution in [0, 0.1) is 6.92 Å². The van der Waals surface area contributed by atoms with Crippen molar-refractivity contribution in [3.8, 4) is 5.75 Å². The number of rotatable bonds is 10. The molecule has 0 aromatic heterocycles. The van der Waals surface area contributed by atoms with Crippen molar-refractivity contribution >= 4 is 29.9 Å². The van der Waals surface area contributed by atoms with E-state index in [0.29, 0.717) is 32.3 Å². The molecule has 0 unspecified atom stereocenters. The molecule has 10 heteroatoms. The third-order valence-electron chi connectivity index (χ3n) is 3.67. The van der Waals surface area contributed by atoms with Gasteiger partial charge in [-0.05, 0) is 25.6 Å². The average Bonchev–Trinajstić information content (AvgIpc) is 2.58. The van der Waals surface area contributed by atoms with Gasteiger partial charge in [0.1, 0.15) is 12.4 Å². The topological polar surface area (TPSA) is 58.1 Å². The van der Waals surface area contributed by atoms with E-state index in [0.717, 1.165) is 16.9 Å². The summed E-state index contributed by atoms with van der Waals surface area (Å²) in [7, 11) is 4.66. The minimum absolute atomic E-state index is 0. The van der Waals surface area contributed by atoms with Crippen LogP contribution in [0.5, 0.6) is 5.75 Å². The molecule has 0 spiro atoms. The number of likely N-dealkylation sites (N-methyl/N-ethyl adjacent to an activating group) is 1. The maximum atomic E-state index is 12.3. The fraction of sp³-hybridized carbons (Fsp3) is 0.611. The summed E-state index contributed by atoms with van der Waals surface area (Å²) in [5, 5.41) is 6.15. The Bertz CT molecular complexity index is 601. The van der Waals surface area contributed by atoms with Gasteiger partial charge in [-0.1, -0.05) is 12.1 Å². The number of methoxy groups -OCH3 is 1. The lowest BCUT2D eigenvalue weighted by atomic mass is 10.1. The number of guanidine groups is 1. The molecule has 28 heavy (non-hydrogen) atoms. The number of aliphatic imine (C=N–C) groups is 1. The van der Waals surface area contributed by atoms with Gasteiger partial charge in [-0.15, -0.1) is 24.0 Å². The van der Waals surface area contributed by atoms with Gasteiger partial charge < -0.3 is 20.1 Å². The fourth-order valence-corrected chi connectivity index (χ4v) is 2.33. The van der Waals surface area contributed by atoms with Gasteiger partial charge in [0.25, 0.3) is 0 Å². The van der Waals surface area contributed by atoms with Crippen molar-refractivity contribution in [2.45, 2.75) is 19.6 Å². The van der Waals surface area contributed by atoms with Gasteiger partial charge in [-0.2, -0.15) is 13.2 Å². The predicted molar refractivity (Wildman–Crippen MR) is 116 cm³/mol. The third-order valence-corrected chi connectivity index (χ3v) is 3.67. The highest BCUT2D eigenvalue weighted by Gasteiger charge is 2.28. The van der Waals surface area contributed by atoms with E-state index < -0.39 is 12.7 Å². The molecule has 0 aliphatic carbocycles. The van der Waals surface area contributed by atoms with Crippen molar-refractivity contribution in [2.24, 2.45) is 4.99 Å². The van der Waals surface area contributed by atoms with E-state index in [9.17, 15) is 13.2 Å². The molecule has 0 fully saturated rings. The number of hydrogen-bond acceptors (Lipinski definition) is 4. The van der Waals surface area contributed by atoms with Crippen LogP contribution in [0.2, 0.25) is 0 Å². The Morgan fingerprint density at radius 1 is 1.21 bits per heavy atom. The Morgan fingerprint density at radius 2 is 1.93 bits per heavy atom. The number of alkyl halides is 3. The Hall–Kier alpha value is -1.27. The van der Waals surface area contributed by atoms with Crippen LogP contribution >= 0.6 is 24.0 Å². The highest BCUT2D eigenvalue weighted by atomic mass is 127. The number of nitrogens with zero attached hydrogens (tertiary/aromatic N) is 2. The van der Waals surface area contributed by atoms with E-state index in [1.54, 1.807) is 14.2 Å². The lowest BCUT2D eigenvalue weighted by Gasteiger charge is -2.20. The molecule has 0 radical (unpaired) electrons. The summed E-state index contributed by atoms with van der Waals surface area (Å²) in [5.74, 6) is 1.28. The number of aryl methyl sites for hydroxylation is 1.